The number of para-hydroxylation sites is 1. The number of anilines is 1. The first-order valence-electron chi connectivity index (χ1n) is 8.24. The molecule has 0 unspecified atom stereocenters. The highest BCUT2D eigenvalue weighted by Crippen LogP contribution is 2.41. The number of nitrogens with two attached hydrogens (primary N) is 1. The molecule has 0 atom stereocenters. The van der Waals surface area contributed by atoms with Crippen LogP contribution in [0.25, 0.3) is 16.7 Å². The van der Waals surface area contributed by atoms with Crippen LogP contribution in [0.4, 0.5) is 5.69 Å². The molecule has 1 aliphatic carbocycles. The molecule has 3 N–H and O–H groups in total. The fraction of sp³-hybridized carbons (Fsp3) is 0.211. The third-order valence-electron chi connectivity index (χ3n) is 4.95. The summed E-state index contributed by atoms with van der Waals surface area (Å²) in [6.07, 6.45) is 3.62. The lowest BCUT2D eigenvalue weighted by molar-refractivity contribution is -0.144. The molecule has 25 heavy (non-hydrogen) atoms. The molecule has 1 saturated carbocycles. The summed E-state index contributed by atoms with van der Waals surface area (Å²) in [4.78, 5) is 28.6. The first-order chi connectivity index (χ1) is 12.1. The molecule has 6 nitrogen and oxygen atoms in total. The summed E-state index contributed by atoms with van der Waals surface area (Å²) in [6, 6.07) is 15.4. The number of amides is 2. The third-order valence-corrected chi connectivity index (χ3v) is 4.95. The average molecular weight is 334 g/mol. The highest BCUT2D eigenvalue weighted by molar-refractivity contribution is 6.11. The van der Waals surface area contributed by atoms with Crippen molar-refractivity contribution >= 4 is 28.5 Å². The number of carbonyl (C=O) groups is 2. The van der Waals surface area contributed by atoms with E-state index < -0.39 is 11.3 Å². The van der Waals surface area contributed by atoms with E-state index in [9.17, 15) is 9.59 Å². The normalized spacial score (nSPS) is 15.5. The molecule has 2 amide bonds. The Hall–Kier alpha value is -3.15. The summed E-state index contributed by atoms with van der Waals surface area (Å²) >= 11 is 0. The number of aromatic nitrogens is 2. The van der Waals surface area contributed by atoms with Crippen LogP contribution < -0.4 is 11.1 Å². The number of primary amides is 1. The van der Waals surface area contributed by atoms with E-state index in [-0.39, 0.29) is 5.91 Å². The highest BCUT2D eigenvalue weighted by atomic mass is 16.2. The van der Waals surface area contributed by atoms with Gasteiger partial charge in [-0.05, 0) is 43.2 Å². The van der Waals surface area contributed by atoms with Crippen molar-refractivity contribution in [3.63, 3.8) is 0 Å². The maximum absolute atomic E-state index is 12.5. The molecule has 0 saturated heterocycles. The van der Waals surface area contributed by atoms with Gasteiger partial charge in [-0.1, -0.05) is 24.6 Å². The van der Waals surface area contributed by atoms with E-state index in [1.165, 1.54) is 0 Å². The number of hydrogen-bond donors (Lipinski definition) is 2. The number of imidazole rings is 1. The molecule has 3 aromatic rings. The summed E-state index contributed by atoms with van der Waals surface area (Å²) in [5.74, 6) is -0.876. The van der Waals surface area contributed by atoms with Crippen molar-refractivity contribution in [3.05, 3.63) is 54.9 Å². The molecular weight excluding hydrogens is 316 g/mol. The maximum Gasteiger partial charge on any atom is 0.240 e. The minimum absolute atomic E-state index is 0.326. The van der Waals surface area contributed by atoms with Gasteiger partial charge in [0.25, 0.3) is 0 Å². The summed E-state index contributed by atoms with van der Waals surface area (Å²) in [5, 5.41) is 2.82. The van der Waals surface area contributed by atoms with Gasteiger partial charge in [-0.15, -0.1) is 0 Å². The maximum atomic E-state index is 12.5. The SMILES string of the molecule is NC(=O)C1(C(=O)Nc2ccc3c(c2)ncn3-c2ccccc2)CCC1. The molecule has 6 heteroatoms. The van der Waals surface area contributed by atoms with Crippen molar-refractivity contribution < 1.29 is 9.59 Å². The third kappa shape index (κ3) is 2.46. The quantitative estimate of drug-likeness (QED) is 0.719. The van der Waals surface area contributed by atoms with Crippen LogP contribution in [0.3, 0.4) is 0 Å². The Labute approximate surface area is 144 Å². The molecule has 0 spiro atoms. The molecule has 1 aromatic heterocycles. The van der Waals surface area contributed by atoms with Crippen LogP contribution in [-0.2, 0) is 9.59 Å². The Morgan fingerprint density at radius 3 is 2.52 bits per heavy atom. The van der Waals surface area contributed by atoms with Gasteiger partial charge in [0.1, 0.15) is 11.7 Å². The van der Waals surface area contributed by atoms with Crippen molar-refractivity contribution in [3.8, 4) is 5.69 Å². The Morgan fingerprint density at radius 1 is 1.12 bits per heavy atom. The topological polar surface area (TPSA) is 90.0 Å². The van der Waals surface area contributed by atoms with Crippen LogP contribution in [0.1, 0.15) is 19.3 Å². The Bertz CT molecular complexity index is 958. The highest BCUT2D eigenvalue weighted by Gasteiger charge is 2.49. The molecule has 2 aromatic carbocycles. The van der Waals surface area contributed by atoms with Gasteiger partial charge in [0, 0.05) is 11.4 Å². The second-order valence-electron chi connectivity index (χ2n) is 6.41. The first-order valence-corrected chi connectivity index (χ1v) is 8.24. The monoisotopic (exact) mass is 334 g/mol. The number of rotatable bonds is 4. The Morgan fingerprint density at radius 2 is 1.88 bits per heavy atom. The van der Waals surface area contributed by atoms with Gasteiger partial charge >= 0.3 is 0 Å². The lowest BCUT2D eigenvalue weighted by Crippen LogP contribution is -2.51. The van der Waals surface area contributed by atoms with Crippen LogP contribution >= 0.6 is 0 Å². The lowest BCUT2D eigenvalue weighted by atomic mass is 9.67. The summed E-state index contributed by atoms with van der Waals surface area (Å²) < 4.78 is 1.98. The Kier molecular flexibility index (Phi) is 3.53. The largest absolute Gasteiger partial charge is 0.369 e. The minimum Gasteiger partial charge on any atom is -0.369 e. The molecule has 1 heterocycles. The second kappa shape index (κ2) is 5.73. The van der Waals surface area contributed by atoms with E-state index in [1.807, 2.05) is 47.0 Å². The number of benzene rings is 2. The molecular formula is C19H18N4O2. The second-order valence-corrected chi connectivity index (χ2v) is 6.41. The van der Waals surface area contributed by atoms with Crippen molar-refractivity contribution in [2.75, 3.05) is 5.32 Å². The number of hydrogen-bond acceptors (Lipinski definition) is 3. The van der Waals surface area contributed by atoms with Gasteiger partial charge in [-0.2, -0.15) is 0 Å². The van der Waals surface area contributed by atoms with Crippen LogP contribution in [0.5, 0.6) is 0 Å². The minimum atomic E-state index is -1.06. The van der Waals surface area contributed by atoms with E-state index in [0.29, 0.717) is 18.5 Å². The predicted octanol–water partition coefficient (Wildman–Crippen LogP) is 2.62. The van der Waals surface area contributed by atoms with Crippen LogP contribution in [0.15, 0.2) is 54.9 Å². The fourth-order valence-corrected chi connectivity index (χ4v) is 3.25. The van der Waals surface area contributed by atoms with Crippen LogP contribution in [0.2, 0.25) is 0 Å². The number of nitrogens with zero attached hydrogens (tertiary/aromatic N) is 2. The summed E-state index contributed by atoms with van der Waals surface area (Å²) in [5.41, 5.74) is 7.71. The standard InChI is InChI=1S/C19H18N4O2/c20-17(24)19(9-4-10-19)18(25)22-13-7-8-16-15(11-13)21-12-23(16)14-5-2-1-3-6-14/h1-3,5-8,11-12H,4,9-10H2,(H2,20,24)(H,22,25). The molecule has 126 valence electrons. The zero-order valence-corrected chi connectivity index (χ0v) is 13.6. The number of fused-ring (bicyclic) bond motifs is 1. The molecule has 1 fully saturated rings. The molecule has 1 aliphatic rings. The molecule has 0 bridgehead atoms. The number of nitrogens with one attached hydrogen (secondary N) is 1. The van der Waals surface area contributed by atoms with E-state index in [0.717, 1.165) is 23.1 Å². The van der Waals surface area contributed by atoms with Gasteiger partial charge in [0.05, 0.1) is 11.0 Å². The molecule has 4 rings (SSSR count). The van der Waals surface area contributed by atoms with Gasteiger partial charge in [0.2, 0.25) is 11.8 Å². The van der Waals surface area contributed by atoms with Gasteiger partial charge in [-0.3, -0.25) is 14.2 Å². The molecule has 0 radical (unpaired) electrons. The van der Waals surface area contributed by atoms with Crippen molar-refractivity contribution in [2.45, 2.75) is 19.3 Å². The first kappa shape index (κ1) is 15.4. The van der Waals surface area contributed by atoms with E-state index in [4.69, 9.17) is 5.73 Å². The zero-order chi connectivity index (χ0) is 17.4. The molecule has 0 aliphatic heterocycles. The summed E-state index contributed by atoms with van der Waals surface area (Å²) in [7, 11) is 0. The predicted molar refractivity (Wildman–Crippen MR) is 95.2 cm³/mol. The van der Waals surface area contributed by atoms with E-state index in [2.05, 4.69) is 10.3 Å². The Balaban J connectivity index is 1.63. The van der Waals surface area contributed by atoms with Gasteiger partial charge in [-0.25, -0.2) is 4.98 Å². The van der Waals surface area contributed by atoms with E-state index in [1.54, 1.807) is 12.4 Å². The smallest absolute Gasteiger partial charge is 0.240 e. The fourth-order valence-electron chi connectivity index (χ4n) is 3.25. The average Bonchev–Trinajstić information content (AvgIpc) is 2.97. The zero-order valence-electron chi connectivity index (χ0n) is 13.6. The van der Waals surface area contributed by atoms with Crippen LogP contribution in [-0.4, -0.2) is 21.4 Å². The van der Waals surface area contributed by atoms with E-state index >= 15 is 0 Å². The number of carbonyl (C=O) groups excluding carboxylic acids is 2. The van der Waals surface area contributed by atoms with Crippen molar-refractivity contribution in [1.29, 1.82) is 0 Å². The van der Waals surface area contributed by atoms with Crippen molar-refractivity contribution in [1.82, 2.24) is 9.55 Å². The lowest BCUT2D eigenvalue weighted by Gasteiger charge is -2.36. The summed E-state index contributed by atoms with van der Waals surface area (Å²) in [6.45, 7) is 0. The van der Waals surface area contributed by atoms with Gasteiger partial charge < -0.3 is 11.1 Å². The van der Waals surface area contributed by atoms with Gasteiger partial charge in [0.15, 0.2) is 0 Å². The van der Waals surface area contributed by atoms with Crippen LogP contribution in [0, 0.1) is 5.41 Å². The van der Waals surface area contributed by atoms with Crippen molar-refractivity contribution in [2.24, 2.45) is 11.1 Å².